The van der Waals surface area contributed by atoms with Crippen molar-refractivity contribution in [3.63, 3.8) is 0 Å². The van der Waals surface area contributed by atoms with Gasteiger partial charge in [-0.3, -0.25) is 0 Å². The summed E-state index contributed by atoms with van der Waals surface area (Å²) in [7, 11) is 3.96. The quantitative estimate of drug-likeness (QED) is 0.893. The first-order valence-corrected chi connectivity index (χ1v) is 7.80. The van der Waals surface area contributed by atoms with Gasteiger partial charge in [-0.2, -0.15) is 0 Å². The summed E-state index contributed by atoms with van der Waals surface area (Å²) in [4.78, 5) is 2.46. The minimum absolute atomic E-state index is 0.636. The van der Waals surface area contributed by atoms with Gasteiger partial charge in [0.25, 0.3) is 0 Å². The van der Waals surface area contributed by atoms with Gasteiger partial charge < -0.3 is 15.0 Å². The molecular formula is C17H26N2O. The van der Waals surface area contributed by atoms with Gasteiger partial charge in [-0.15, -0.1) is 0 Å². The summed E-state index contributed by atoms with van der Waals surface area (Å²) in [5.41, 5.74) is 1.44. The van der Waals surface area contributed by atoms with E-state index in [2.05, 4.69) is 41.5 Å². The molecule has 3 heteroatoms. The average Bonchev–Trinajstić information content (AvgIpc) is 3.29. The molecule has 1 aliphatic carbocycles. The number of ether oxygens (including phenoxy) is 1. The van der Waals surface area contributed by atoms with Crippen molar-refractivity contribution in [3.05, 3.63) is 29.8 Å². The zero-order chi connectivity index (χ0) is 13.9. The highest BCUT2D eigenvalue weighted by Crippen LogP contribution is 2.30. The number of benzene rings is 1. The van der Waals surface area contributed by atoms with Gasteiger partial charge in [-0.05, 0) is 62.4 Å². The van der Waals surface area contributed by atoms with Crippen LogP contribution >= 0.6 is 0 Å². The van der Waals surface area contributed by atoms with Crippen LogP contribution in [-0.2, 0) is 0 Å². The van der Waals surface area contributed by atoms with Crippen molar-refractivity contribution >= 4 is 0 Å². The number of piperidine rings is 1. The molecule has 0 radical (unpaired) electrons. The highest BCUT2D eigenvalue weighted by Gasteiger charge is 2.28. The second-order valence-corrected chi connectivity index (χ2v) is 6.48. The van der Waals surface area contributed by atoms with Gasteiger partial charge in [-0.1, -0.05) is 12.1 Å². The average molecular weight is 274 g/mol. The summed E-state index contributed by atoms with van der Waals surface area (Å²) in [5.74, 6) is 2.54. The maximum absolute atomic E-state index is 5.25. The molecule has 3 rings (SSSR count). The lowest BCUT2D eigenvalue weighted by Crippen LogP contribution is -2.47. The van der Waals surface area contributed by atoms with E-state index >= 15 is 0 Å². The second kappa shape index (κ2) is 6.15. The van der Waals surface area contributed by atoms with Gasteiger partial charge in [0.15, 0.2) is 0 Å². The van der Waals surface area contributed by atoms with E-state index in [1.807, 2.05) is 0 Å². The first-order chi connectivity index (χ1) is 9.74. The summed E-state index contributed by atoms with van der Waals surface area (Å²) in [5, 5.41) is 3.77. The molecule has 0 aromatic heterocycles. The minimum atomic E-state index is 0.636. The smallest absolute Gasteiger partial charge is 0.118 e. The van der Waals surface area contributed by atoms with E-state index in [1.165, 1.54) is 37.9 Å². The van der Waals surface area contributed by atoms with E-state index in [1.54, 1.807) is 7.11 Å². The number of hydrogen-bond donors (Lipinski definition) is 1. The Bertz CT molecular complexity index is 427. The van der Waals surface area contributed by atoms with Gasteiger partial charge >= 0.3 is 0 Å². The molecule has 1 N–H and O–H groups in total. The lowest BCUT2D eigenvalue weighted by Gasteiger charge is -2.36. The van der Waals surface area contributed by atoms with E-state index in [4.69, 9.17) is 4.74 Å². The van der Waals surface area contributed by atoms with E-state index in [0.717, 1.165) is 18.2 Å². The maximum Gasteiger partial charge on any atom is 0.118 e. The second-order valence-electron chi connectivity index (χ2n) is 6.48. The summed E-state index contributed by atoms with van der Waals surface area (Å²) < 4.78 is 5.25. The molecule has 2 atom stereocenters. The van der Waals surface area contributed by atoms with Crippen LogP contribution in [-0.4, -0.2) is 44.7 Å². The fourth-order valence-corrected chi connectivity index (χ4v) is 3.24. The molecule has 1 saturated carbocycles. The Morgan fingerprint density at radius 2 is 1.95 bits per heavy atom. The Balaban J connectivity index is 1.61. The first kappa shape index (κ1) is 13.9. The normalized spacial score (nSPS) is 27.5. The first-order valence-electron chi connectivity index (χ1n) is 7.80. The third kappa shape index (κ3) is 3.53. The summed E-state index contributed by atoms with van der Waals surface area (Å²) in [6.45, 7) is 3.56. The van der Waals surface area contributed by atoms with Crippen LogP contribution in [0.1, 0.15) is 30.7 Å². The summed E-state index contributed by atoms with van der Waals surface area (Å²) in [6.07, 6.45) is 4.11. The van der Waals surface area contributed by atoms with Crippen LogP contribution in [0.15, 0.2) is 24.3 Å². The molecular weight excluding hydrogens is 248 g/mol. The fourth-order valence-electron chi connectivity index (χ4n) is 3.24. The largest absolute Gasteiger partial charge is 0.497 e. The monoisotopic (exact) mass is 274 g/mol. The van der Waals surface area contributed by atoms with Crippen LogP contribution in [0.4, 0.5) is 0 Å². The molecule has 0 amide bonds. The number of methoxy groups -OCH3 is 1. The number of nitrogens with zero attached hydrogens (tertiary/aromatic N) is 1. The SMILES string of the molecule is COc1ccc(C2CC(NCC3CC3)CN(C)C2)cc1. The lowest BCUT2D eigenvalue weighted by atomic mass is 9.88. The van der Waals surface area contributed by atoms with Gasteiger partial charge in [0.2, 0.25) is 0 Å². The van der Waals surface area contributed by atoms with Crippen molar-refractivity contribution in [2.75, 3.05) is 33.8 Å². The highest BCUT2D eigenvalue weighted by molar-refractivity contribution is 5.30. The zero-order valence-corrected chi connectivity index (χ0v) is 12.6. The zero-order valence-electron chi connectivity index (χ0n) is 12.6. The van der Waals surface area contributed by atoms with Crippen molar-refractivity contribution in [2.24, 2.45) is 5.92 Å². The van der Waals surface area contributed by atoms with E-state index in [9.17, 15) is 0 Å². The van der Waals surface area contributed by atoms with Crippen LogP contribution in [0.3, 0.4) is 0 Å². The Kier molecular flexibility index (Phi) is 4.27. The maximum atomic E-state index is 5.25. The summed E-state index contributed by atoms with van der Waals surface area (Å²) >= 11 is 0. The Hall–Kier alpha value is -1.06. The van der Waals surface area contributed by atoms with Gasteiger partial charge in [0, 0.05) is 19.1 Å². The lowest BCUT2D eigenvalue weighted by molar-refractivity contribution is 0.204. The molecule has 1 saturated heterocycles. The van der Waals surface area contributed by atoms with Crippen molar-refractivity contribution < 1.29 is 4.74 Å². The molecule has 2 aliphatic rings. The highest BCUT2D eigenvalue weighted by atomic mass is 16.5. The molecule has 1 aromatic rings. The van der Waals surface area contributed by atoms with E-state index in [-0.39, 0.29) is 0 Å². The van der Waals surface area contributed by atoms with E-state index < -0.39 is 0 Å². The van der Waals surface area contributed by atoms with Crippen molar-refractivity contribution in [2.45, 2.75) is 31.2 Å². The third-order valence-electron chi connectivity index (χ3n) is 4.61. The predicted octanol–water partition coefficient (Wildman–Crippen LogP) is 2.48. The van der Waals surface area contributed by atoms with Gasteiger partial charge in [0.1, 0.15) is 5.75 Å². The molecule has 1 aromatic carbocycles. The molecule has 3 nitrogen and oxygen atoms in total. The molecule has 0 bridgehead atoms. The molecule has 1 heterocycles. The Morgan fingerprint density at radius 1 is 1.20 bits per heavy atom. The molecule has 20 heavy (non-hydrogen) atoms. The Morgan fingerprint density at radius 3 is 2.60 bits per heavy atom. The number of hydrogen-bond acceptors (Lipinski definition) is 3. The molecule has 0 spiro atoms. The minimum Gasteiger partial charge on any atom is -0.497 e. The predicted molar refractivity (Wildman–Crippen MR) is 82.4 cm³/mol. The van der Waals surface area contributed by atoms with Crippen LogP contribution in [0.5, 0.6) is 5.75 Å². The molecule has 2 fully saturated rings. The van der Waals surface area contributed by atoms with E-state index in [0.29, 0.717) is 12.0 Å². The fraction of sp³-hybridized carbons (Fsp3) is 0.647. The van der Waals surface area contributed by atoms with Crippen molar-refractivity contribution in [1.82, 2.24) is 10.2 Å². The van der Waals surface area contributed by atoms with Crippen LogP contribution in [0, 0.1) is 5.92 Å². The topological polar surface area (TPSA) is 24.5 Å². The number of likely N-dealkylation sites (tertiary alicyclic amines) is 1. The van der Waals surface area contributed by atoms with Gasteiger partial charge in [-0.25, -0.2) is 0 Å². The van der Waals surface area contributed by atoms with Crippen molar-refractivity contribution in [1.29, 1.82) is 0 Å². The third-order valence-corrected chi connectivity index (χ3v) is 4.61. The van der Waals surface area contributed by atoms with Crippen LogP contribution in [0.25, 0.3) is 0 Å². The summed E-state index contributed by atoms with van der Waals surface area (Å²) in [6, 6.07) is 9.25. The van der Waals surface area contributed by atoms with Gasteiger partial charge in [0.05, 0.1) is 7.11 Å². The number of rotatable bonds is 5. The molecule has 110 valence electrons. The number of likely N-dealkylation sites (N-methyl/N-ethyl adjacent to an activating group) is 1. The number of nitrogens with one attached hydrogen (secondary N) is 1. The molecule has 2 unspecified atom stereocenters. The van der Waals surface area contributed by atoms with Crippen LogP contribution < -0.4 is 10.1 Å². The standard InChI is InChI=1S/C17H26N2O/c1-19-11-15(14-5-7-17(20-2)8-6-14)9-16(12-19)18-10-13-3-4-13/h5-8,13,15-16,18H,3-4,9-12H2,1-2H3. The molecule has 1 aliphatic heterocycles. The van der Waals surface area contributed by atoms with Crippen LogP contribution in [0.2, 0.25) is 0 Å². The Labute approximate surface area is 122 Å². The van der Waals surface area contributed by atoms with Crippen molar-refractivity contribution in [3.8, 4) is 5.75 Å².